The van der Waals surface area contributed by atoms with Crippen LogP contribution in [-0.2, 0) is 6.54 Å². The maximum absolute atomic E-state index is 5.53. The maximum Gasteiger partial charge on any atom is 0.157 e. The lowest BCUT2D eigenvalue weighted by Gasteiger charge is -2.08. The van der Waals surface area contributed by atoms with E-state index in [2.05, 4.69) is 34.6 Å². The molecule has 1 aromatic carbocycles. The Balaban J connectivity index is 1.54. The van der Waals surface area contributed by atoms with Gasteiger partial charge in [-0.2, -0.15) is 0 Å². The minimum atomic E-state index is 0.432. The minimum Gasteiger partial charge on any atom is -0.465 e. The number of furan rings is 1. The number of nitrogens with zero attached hydrogens (tertiary/aromatic N) is 1. The second kappa shape index (κ2) is 5.53. The van der Waals surface area contributed by atoms with E-state index in [1.807, 2.05) is 25.1 Å². The number of hydrogen-bond donors (Lipinski definition) is 1. The molecule has 0 fully saturated rings. The molecule has 19 heavy (non-hydrogen) atoms. The third-order valence-electron chi connectivity index (χ3n) is 3.04. The summed E-state index contributed by atoms with van der Waals surface area (Å²) in [5.41, 5.74) is 1.34. The van der Waals surface area contributed by atoms with Crippen molar-refractivity contribution in [2.24, 2.45) is 4.99 Å². The molecule has 1 aliphatic rings. The van der Waals surface area contributed by atoms with Crippen LogP contribution in [0.4, 0.5) is 0 Å². The Bertz CT molecular complexity index is 577. The Morgan fingerprint density at radius 1 is 1.26 bits per heavy atom. The average molecular weight is 272 g/mol. The highest BCUT2D eigenvalue weighted by Gasteiger charge is 2.20. The van der Waals surface area contributed by atoms with E-state index in [0.29, 0.717) is 11.8 Å². The molecule has 1 aliphatic heterocycles. The molecule has 2 aromatic rings. The van der Waals surface area contributed by atoms with E-state index in [1.54, 1.807) is 11.8 Å². The highest BCUT2D eigenvalue weighted by molar-refractivity contribution is 8.14. The maximum atomic E-state index is 5.53. The largest absolute Gasteiger partial charge is 0.465 e. The highest BCUT2D eigenvalue weighted by atomic mass is 32.2. The molecule has 0 saturated carbocycles. The van der Waals surface area contributed by atoms with E-state index in [1.165, 1.54) is 5.56 Å². The Morgan fingerprint density at radius 3 is 2.84 bits per heavy atom. The molecular formula is C15H16N2OS. The van der Waals surface area contributed by atoms with Crippen LogP contribution in [0.1, 0.15) is 22.3 Å². The summed E-state index contributed by atoms with van der Waals surface area (Å²) in [6.07, 6.45) is 0. The molecule has 0 saturated heterocycles. The van der Waals surface area contributed by atoms with Gasteiger partial charge in [-0.1, -0.05) is 42.1 Å². The number of benzene rings is 1. The van der Waals surface area contributed by atoms with Crippen molar-refractivity contribution in [3.63, 3.8) is 0 Å². The van der Waals surface area contributed by atoms with Crippen LogP contribution in [0.5, 0.6) is 0 Å². The minimum absolute atomic E-state index is 0.432. The number of aliphatic imine (C=N–C) groups is 1. The van der Waals surface area contributed by atoms with Crippen LogP contribution in [0.25, 0.3) is 0 Å². The van der Waals surface area contributed by atoms with Crippen molar-refractivity contribution in [2.45, 2.75) is 18.7 Å². The number of amidine groups is 1. The molecule has 98 valence electrons. The van der Waals surface area contributed by atoms with Crippen LogP contribution in [0.2, 0.25) is 0 Å². The smallest absolute Gasteiger partial charge is 0.157 e. The molecule has 3 rings (SSSR count). The van der Waals surface area contributed by atoms with Crippen LogP contribution in [-0.4, -0.2) is 11.7 Å². The predicted octanol–water partition coefficient (Wildman–Crippen LogP) is 3.52. The summed E-state index contributed by atoms with van der Waals surface area (Å²) in [5, 5.41) is 4.77. The topological polar surface area (TPSA) is 37.5 Å². The van der Waals surface area contributed by atoms with Gasteiger partial charge in [-0.3, -0.25) is 4.99 Å². The molecule has 0 amide bonds. The Kier molecular flexibility index (Phi) is 3.60. The summed E-state index contributed by atoms with van der Waals surface area (Å²) in [6.45, 7) is 3.49. The van der Waals surface area contributed by atoms with E-state index >= 15 is 0 Å². The fourth-order valence-corrected chi connectivity index (χ4v) is 3.07. The third kappa shape index (κ3) is 3.01. The van der Waals surface area contributed by atoms with Crippen LogP contribution < -0.4 is 5.32 Å². The van der Waals surface area contributed by atoms with E-state index in [9.17, 15) is 0 Å². The van der Waals surface area contributed by atoms with Crippen LogP contribution in [0, 0.1) is 6.92 Å². The first kappa shape index (κ1) is 12.4. The Labute approximate surface area is 117 Å². The number of aryl methyl sites for hydroxylation is 1. The first-order chi connectivity index (χ1) is 9.31. The first-order valence-electron chi connectivity index (χ1n) is 6.36. The molecule has 1 atom stereocenters. The Hall–Kier alpha value is -1.68. The van der Waals surface area contributed by atoms with E-state index < -0.39 is 0 Å². The van der Waals surface area contributed by atoms with Gasteiger partial charge in [0, 0.05) is 0 Å². The van der Waals surface area contributed by atoms with Gasteiger partial charge in [0.25, 0.3) is 0 Å². The summed E-state index contributed by atoms with van der Waals surface area (Å²) >= 11 is 1.79. The molecule has 1 N–H and O–H groups in total. The number of thioether (sulfide) groups is 1. The van der Waals surface area contributed by atoms with Crippen molar-refractivity contribution < 1.29 is 4.42 Å². The van der Waals surface area contributed by atoms with Crippen molar-refractivity contribution in [2.75, 3.05) is 6.54 Å². The van der Waals surface area contributed by atoms with Crippen molar-refractivity contribution >= 4 is 16.9 Å². The van der Waals surface area contributed by atoms with Crippen LogP contribution >= 0.6 is 11.8 Å². The summed E-state index contributed by atoms with van der Waals surface area (Å²) in [5.74, 6) is 1.89. The quantitative estimate of drug-likeness (QED) is 0.929. The predicted molar refractivity (Wildman–Crippen MR) is 79.4 cm³/mol. The van der Waals surface area contributed by atoms with E-state index in [0.717, 1.165) is 23.2 Å². The summed E-state index contributed by atoms with van der Waals surface area (Å²) in [4.78, 5) is 4.54. The van der Waals surface area contributed by atoms with Crippen molar-refractivity contribution in [1.82, 2.24) is 5.32 Å². The van der Waals surface area contributed by atoms with Gasteiger partial charge in [-0.15, -0.1) is 0 Å². The lowest BCUT2D eigenvalue weighted by Crippen LogP contribution is -2.17. The molecule has 1 aromatic heterocycles. The van der Waals surface area contributed by atoms with Gasteiger partial charge in [-0.25, -0.2) is 0 Å². The molecule has 0 aliphatic carbocycles. The molecule has 4 heteroatoms. The van der Waals surface area contributed by atoms with Gasteiger partial charge < -0.3 is 9.73 Å². The zero-order chi connectivity index (χ0) is 13.1. The summed E-state index contributed by atoms with van der Waals surface area (Å²) in [7, 11) is 0. The summed E-state index contributed by atoms with van der Waals surface area (Å²) in [6, 6.07) is 14.5. The van der Waals surface area contributed by atoms with Gasteiger partial charge in [0.2, 0.25) is 0 Å². The monoisotopic (exact) mass is 272 g/mol. The zero-order valence-electron chi connectivity index (χ0n) is 10.8. The van der Waals surface area contributed by atoms with Gasteiger partial charge in [-0.05, 0) is 24.6 Å². The fraction of sp³-hybridized carbons (Fsp3) is 0.267. The van der Waals surface area contributed by atoms with Crippen molar-refractivity contribution in [1.29, 1.82) is 0 Å². The first-order valence-corrected chi connectivity index (χ1v) is 7.24. The SMILES string of the molecule is Cc1ccc(CNC2=NCC(c3ccccc3)S2)o1. The second-order valence-electron chi connectivity index (χ2n) is 4.53. The lowest BCUT2D eigenvalue weighted by atomic mass is 10.1. The second-order valence-corrected chi connectivity index (χ2v) is 5.72. The molecule has 0 radical (unpaired) electrons. The Morgan fingerprint density at radius 2 is 2.11 bits per heavy atom. The molecule has 2 heterocycles. The molecule has 3 nitrogen and oxygen atoms in total. The standard InChI is InChI=1S/C15H16N2OS/c1-11-7-8-13(18-11)9-16-15-17-10-14(19-15)12-5-3-2-4-6-12/h2-8,14H,9-10H2,1H3,(H,16,17). The number of nitrogens with one attached hydrogen (secondary N) is 1. The van der Waals surface area contributed by atoms with Gasteiger partial charge >= 0.3 is 0 Å². The van der Waals surface area contributed by atoms with Crippen molar-refractivity contribution in [3.05, 3.63) is 59.5 Å². The molecular weight excluding hydrogens is 256 g/mol. The fourth-order valence-electron chi connectivity index (χ4n) is 2.06. The van der Waals surface area contributed by atoms with Gasteiger partial charge in [0.15, 0.2) is 5.17 Å². The highest BCUT2D eigenvalue weighted by Crippen LogP contribution is 2.34. The molecule has 0 spiro atoms. The lowest BCUT2D eigenvalue weighted by molar-refractivity contribution is 0.478. The van der Waals surface area contributed by atoms with Gasteiger partial charge in [0.1, 0.15) is 11.5 Å². The average Bonchev–Trinajstić information content (AvgIpc) is 3.06. The normalized spacial score (nSPS) is 18.4. The molecule has 0 bridgehead atoms. The zero-order valence-corrected chi connectivity index (χ0v) is 11.6. The van der Waals surface area contributed by atoms with Crippen molar-refractivity contribution in [3.8, 4) is 0 Å². The molecule has 1 unspecified atom stereocenters. The summed E-state index contributed by atoms with van der Waals surface area (Å²) < 4.78 is 5.53. The number of rotatable bonds is 3. The van der Waals surface area contributed by atoms with Crippen LogP contribution in [0.15, 0.2) is 51.9 Å². The number of hydrogen-bond acceptors (Lipinski definition) is 4. The van der Waals surface area contributed by atoms with Crippen LogP contribution in [0.3, 0.4) is 0 Å². The third-order valence-corrected chi connectivity index (χ3v) is 4.24. The van der Waals surface area contributed by atoms with E-state index in [-0.39, 0.29) is 0 Å². The van der Waals surface area contributed by atoms with Gasteiger partial charge in [0.05, 0.1) is 18.3 Å². The van der Waals surface area contributed by atoms with E-state index in [4.69, 9.17) is 4.42 Å².